The van der Waals surface area contributed by atoms with Crippen molar-refractivity contribution in [1.82, 2.24) is 9.55 Å². The molecule has 1 aromatic heterocycles. The minimum Gasteiger partial charge on any atom is -0.385 e. The molecule has 1 saturated heterocycles. The molecule has 1 fully saturated rings. The number of aromatic amines is 1. The number of aliphatic hydroxyl groups excluding tert-OH is 1. The monoisotopic (exact) mass is 436 g/mol. The van der Waals surface area contributed by atoms with Crippen molar-refractivity contribution in [2.75, 3.05) is 13.7 Å². The van der Waals surface area contributed by atoms with Crippen LogP contribution in [-0.2, 0) is 27.4 Å². The standard InChI is InChI=1S/C10H15FN2O12P2/c1-22-10(4-23-27(20,21)25-26(17,18)19)7(11)6(15)8(24-10)13-3-2-5(14)12-9(13)16/h2-3,6-8,15H,4H2,1H3,(H,20,21)(H,12,14,16)(H2,17,18,19)/t6-,7+,8-,10-/m1/s1. The lowest BCUT2D eigenvalue weighted by molar-refractivity contribution is -0.258. The van der Waals surface area contributed by atoms with Gasteiger partial charge in [0.1, 0.15) is 12.7 Å². The van der Waals surface area contributed by atoms with Gasteiger partial charge in [-0.05, 0) is 0 Å². The first-order valence-corrected chi connectivity index (χ1v) is 9.94. The average Bonchev–Trinajstić information content (AvgIpc) is 2.76. The summed E-state index contributed by atoms with van der Waals surface area (Å²) in [5.74, 6) is -2.55. The quantitative estimate of drug-likeness (QED) is 0.304. The first-order chi connectivity index (χ1) is 12.3. The van der Waals surface area contributed by atoms with Crippen molar-refractivity contribution in [3.05, 3.63) is 33.1 Å². The molecule has 27 heavy (non-hydrogen) atoms. The van der Waals surface area contributed by atoms with E-state index in [4.69, 9.17) is 19.3 Å². The Kier molecular flexibility index (Phi) is 6.24. The van der Waals surface area contributed by atoms with Gasteiger partial charge in [0.25, 0.3) is 5.56 Å². The summed E-state index contributed by atoms with van der Waals surface area (Å²) in [5, 5.41) is 10.0. The van der Waals surface area contributed by atoms with Gasteiger partial charge in [-0.3, -0.25) is 18.9 Å². The van der Waals surface area contributed by atoms with Gasteiger partial charge in [-0.1, -0.05) is 0 Å². The van der Waals surface area contributed by atoms with Crippen molar-refractivity contribution in [3.63, 3.8) is 0 Å². The van der Waals surface area contributed by atoms with E-state index in [9.17, 15) is 33.1 Å². The minimum atomic E-state index is -5.42. The van der Waals surface area contributed by atoms with E-state index in [1.807, 2.05) is 4.98 Å². The smallest absolute Gasteiger partial charge is 0.385 e. The number of nitrogens with one attached hydrogen (secondary N) is 1. The Morgan fingerprint density at radius 1 is 1.37 bits per heavy atom. The van der Waals surface area contributed by atoms with Crippen LogP contribution in [0, 0.1) is 0 Å². The number of methoxy groups -OCH3 is 1. The van der Waals surface area contributed by atoms with Crippen molar-refractivity contribution in [2.24, 2.45) is 0 Å². The Labute approximate surface area is 148 Å². The lowest BCUT2D eigenvalue weighted by Crippen LogP contribution is -2.46. The summed E-state index contributed by atoms with van der Waals surface area (Å²) < 4.78 is 55.1. The Morgan fingerprint density at radius 2 is 2.00 bits per heavy atom. The summed E-state index contributed by atoms with van der Waals surface area (Å²) in [6.45, 7) is -1.26. The number of phosphoric acid groups is 2. The number of aromatic nitrogens is 2. The Bertz CT molecular complexity index is 897. The Hall–Kier alpha value is -1.25. The van der Waals surface area contributed by atoms with Crippen LogP contribution in [0.5, 0.6) is 0 Å². The summed E-state index contributed by atoms with van der Waals surface area (Å²) in [6.07, 6.45) is -5.31. The van der Waals surface area contributed by atoms with Crippen LogP contribution in [0.4, 0.5) is 4.39 Å². The molecule has 1 aromatic rings. The number of hydrogen-bond acceptors (Lipinski definition) is 9. The normalized spacial score (nSPS) is 31.0. The molecule has 0 aliphatic carbocycles. The van der Waals surface area contributed by atoms with E-state index in [1.54, 1.807) is 0 Å². The molecular weight excluding hydrogens is 421 g/mol. The maximum Gasteiger partial charge on any atom is 0.481 e. The summed E-state index contributed by atoms with van der Waals surface area (Å²) in [6, 6.07) is 0.893. The van der Waals surface area contributed by atoms with Crippen LogP contribution in [-0.4, -0.2) is 61.1 Å². The molecule has 5 N–H and O–H groups in total. The molecule has 0 radical (unpaired) electrons. The summed E-state index contributed by atoms with van der Waals surface area (Å²) in [5.41, 5.74) is -1.82. The third kappa shape index (κ3) is 4.97. The molecule has 0 saturated carbocycles. The van der Waals surface area contributed by atoms with E-state index >= 15 is 0 Å². The van der Waals surface area contributed by atoms with Crippen molar-refractivity contribution in [1.29, 1.82) is 0 Å². The number of alkyl halides is 1. The third-order valence-electron chi connectivity index (χ3n) is 3.44. The summed E-state index contributed by atoms with van der Waals surface area (Å²) in [7, 11) is -9.90. The molecule has 14 nitrogen and oxygen atoms in total. The van der Waals surface area contributed by atoms with Gasteiger partial charge < -0.3 is 29.3 Å². The van der Waals surface area contributed by atoms with E-state index < -0.39 is 57.8 Å². The molecule has 5 atom stereocenters. The number of aliphatic hydroxyl groups is 1. The van der Waals surface area contributed by atoms with Crippen LogP contribution in [0.25, 0.3) is 0 Å². The SMILES string of the molecule is CO[C@]1(COP(=O)(O)OP(=O)(O)O)O[C@@H](n2ccc(=O)[nH]c2=O)[C@H](O)[C@@H]1F. The molecule has 0 amide bonds. The lowest BCUT2D eigenvalue weighted by Gasteiger charge is -2.29. The highest BCUT2D eigenvalue weighted by Crippen LogP contribution is 2.58. The van der Waals surface area contributed by atoms with Crippen LogP contribution in [0.2, 0.25) is 0 Å². The molecule has 17 heteroatoms. The average molecular weight is 436 g/mol. The number of ether oxygens (including phenoxy) is 2. The van der Waals surface area contributed by atoms with Gasteiger partial charge in [0.15, 0.2) is 12.4 Å². The number of halogens is 1. The highest BCUT2D eigenvalue weighted by Gasteiger charge is 2.58. The van der Waals surface area contributed by atoms with Crippen molar-refractivity contribution in [2.45, 2.75) is 24.3 Å². The number of phosphoric ester groups is 1. The van der Waals surface area contributed by atoms with Gasteiger partial charge in [-0.2, -0.15) is 4.31 Å². The Morgan fingerprint density at radius 3 is 2.52 bits per heavy atom. The Balaban J connectivity index is 2.26. The molecule has 0 bridgehead atoms. The first-order valence-electron chi connectivity index (χ1n) is 6.91. The van der Waals surface area contributed by atoms with Crippen LogP contribution in [0.15, 0.2) is 21.9 Å². The van der Waals surface area contributed by atoms with Gasteiger partial charge in [-0.15, -0.1) is 0 Å². The maximum atomic E-state index is 14.6. The summed E-state index contributed by atoms with van der Waals surface area (Å²) in [4.78, 5) is 51.1. The third-order valence-corrected chi connectivity index (χ3v) is 5.57. The molecule has 1 unspecified atom stereocenters. The zero-order valence-corrected chi connectivity index (χ0v) is 15.2. The fourth-order valence-corrected chi connectivity index (χ4v) is 3.86. The van der Waals surface area contributed by atoms with Crippen molar-refractivity contribution in [3.8, 4) is 0 Å². The largest absolute Gasteiger partial charge is 0.481 e. The first kappa shape index (κ1) is 22.0. The zero-order chi connectivity index (χ0) is 20.6. The predicted octanol–water partition coefficient (Wildman–Crippen LogP) is -1.67. The van der Waals surface area contributed by atoms with Crippen molar-refractivity contribution < 1.29 is 51.6 Å². The maximum absolute atomic E-state index is 14.6. The summed E-state index contributed by atoms with van der Waals surface area (Å²) >= 11 is 0. The number of rotatable bonds is 7. The molecule has 2 rings (SSSR count). The highest BCUT2D eigenvalue weighted by molar-refractivity contribution is 7.60. The van der Waals surface area contributed by atoms with Crippen LogP contribution >= 0.6 is 15.6 Å². The van der Waals surface area contributed by atoms with E-state index in [2.05, 4.69) is 8.83 Å². The molecule has 0 aromatic carbocycles. The molecule has 1 aliphatic heterocycles. The molecular formula is C10H15FN2O12P2. The number of H-pyrrole nitrogens is 1. The number of nitrogens with zero attached hydrogens (tertiary/aromatic N) is 1. The van der Waals surface area contributed by atoms with Gasteiger partial charge in [0.05, 0.1) is 0 Å². The fraction of sp³-hybridized carbons (Fsp3) is 0.600. The van der Waals surface area contributed by atoms with Crippen LogP contribution in [0.1, 0.15) is 6.23 Å². The highest BCUT2D eigenvalue weighted by atomic mass is 31.3. The van der Waals surface area contributed by atoms with Gasteiger partial charge in [0.2, 0.25) is 5.79 Å². The second kappa shape index (κ2) is 7.64. The topological polar surface area (TPSA) is 207 Å². The van der Waals surface area contributed by atoms with Crippen molar-refractivity contribution >= 4 is 15.6 Å². The second-order valence-electron chi connectivity index (χ2n) is 5.25. The second-order valence-corrected chi connectivity index (χ2v) is 8.08. The predicted molar refractivity (Wildman–Crippen MR) is 81.0 cm³/mol. The van der Waals surface area contributed by atoms with Crippen LogP contribution in [0.3, 0.4) is 0 Å². The van der Waals surface area contributed by atoms with Crippen LogP contribution < -0.4 is 11.2 Å². The molecule has 154 valence electrons. The molecule has 2 heterocycles. The van der Waals surface area contributed by atoms with E-state index in [-0.39, 0.29) is 0 Å². The molecule has 0 spiro atoms. The number of hydrogen-bond donors (Lipinski definition) is 5. The van der Waals surface area contributed by atoms with Gasteiger partial charge in [0, 0.05) is 19.4 Å². The van der Waals surface area contributed by atoms with E-state index in [0.717, 1.165) is 19.4 Å². The fourth-order valence-electron chi connectivity index (χ4n) is 2.26. The lowest BCUT2D eigenvalue weighted by atomic mass is 10.1. The van der Waals surface area contributed by atoms with Gasteiger partial charge >= 0.3 is 21.3 Å². The van der Waals surface area contributed by atoms with E-state index in [0.29, 0.717) is 4.57 Å². The minimum absolute atomic E-state index is 0.629. The van der Waals surface area contributed by atoms with E-state index in [1.165, 1.54) is 0 Å². The zero-order valence-electron chi connectivity index (χ0n) is 13.4. The van der Waals surface area contributed by atoms with Gasteiger partial charge in [-0.25, -0.2) is 18.3 Å². The molecule has 1 aliphatic rings.